The zero-order valence-corrected chi connectivity index (χ0v) is 16.9. The van der Waals surface area contributed by atoms with Crippen molar-refractivity contribution in [3.63, 3.8) is 0 Å². The van der Waals surface area contributed by atoms with Crippen LogP contribution in [0.4, 0.5) is 10.2 Å². The minimum absolute atomic E-state index is 0.0378. The van der Waals surface area contributed by atoms with Crippen LogP contribution in [0.3, 0.4) is 0 Å². The van der Waals surface area contributed by atoms with Gasteiger partial charge in [-0.05, 0) is 34.7 Å². The van der Waals surface area contributed by atoms with Crippen LogP contribution in [0.15, 0.2) is 48.7 Å². The summed E-state index contributed by atoms with van der Waals surface area (Å²) in [5.74, 6) is -0.354. The molecule has 0 bridgehead atoms. The van der Waals surface area contributed by atoms with E-state index in [0.29, 0.717) is 40.8 Å². The van der Waals surface area contributed by atoms with Crippen LogP contribution < -0.4 is 16.4 Å². The summed E-state index contributed by atoms with van der Waals surface area (Å²) < 4.78 is 13.6. The van der Waals surface area contributed by atoms with Gasteiger partial charge in [-0.2, -0.15) is 0 Å². The Kier molecular flexibility index (Phi) is 6.58. The highest BCUT2D eigenvalue weighted by atomic mass is 19.1. The van der Waals surface area contributed by atoms with Crippen LogP contribution in [0.2, 0.25) is 0 Å². The Labute approximate surface area is 174 Å². The number of nitrogens with two attached hydrogens (primary N) is 1. The highest BCUT2D eigenvalue weighted by Crippen LogP contribution is 2.29. The van der Waals surface area contributed by atoms with Gasteiger partial charge < -0.3 is 21.3 Å². The van der Waals surface area contributed by atoms with E-state index in [4.69, 9.17) is 5.73 Å². The molecule has 156 valence electrons. The van der Waals surface area contributed by atoms with Gasteiger partial charge in [-0.15, -0.1) is 0 Å². The standard InChI is InChI=1S/C22H24FN5O2/c1-28(2)20(29)13-25-8-9-26-22(30)19-12-27-21(24)18-11-15(6-7-17(18)19)14-4-3-5-16(23)10-14/h3-7,10-12,25H,8-9,13H2,1-2H3,(H2,24,27)(H,26,30). The van der Waals surface area contributed by atoms with E-state index in [1.165, 1.54) is 23.2 Å². The molecular weight excluding hydrogens is 385 g/mol. The maximum Gasteiger partial charge on any atom is 0.253 e. The predicted octanol–water partition coefficient (Wildman–Crippen LogP) is 2.03. The fraction of sp³-hybridized carbons (Fsp3) is 0.227. The van der Waals surface area contributed by atoms with Crippen LogP contribution in [0.1, 0.15) is 10.4 Å². The van der Waals surface area contributed by atoms with Gasteiger partial charge in [0.25, 0.3) is 5.91 Å². The Bertz CT molecular complexity index is 1080. The lowest BCUT2D eigenvalue weighted by atomic mass is 9.99. The van der Waals surface area contributed by atoms with Crippen LogP contribution in [0.25, 0.3) is 21.9 Å². The molecule has 0 aliphatic rings. The Hall–Kier alpha value is -3.52. The van der Waals surface area contributed by atoms with Crippen LogP contribution in [-0.2, 0) is 4.79 Å². The Balaban J connectivity index is 1.74. The number of pyridine rings is 1. The van der Waals surface area contributed by atoms with Gasteiger partial charge in [0.15, 0.2) is 0 Å². The topological polar surface area (TPSA) is 100 Å². The molecule has 7 nitrogen and oxygen atoms in total. The number of benzene rings is 2. The maximum absolute atomic E-state index is 13.6. The largest absolute Gasteiger partial charge is 0.383 e. The third kappa shape index (κ3) is 4.90. The Morgan fingerprint density at radius 2 is 1.83 bits per heavy atom. The summed E-state index contributed by atoms with van der Waals surface area (Å²) in [6.07, 6.45) is 1.44. The molecule has 0 aliphatic carbocycles. The number of aromatic nitrogens is 1. The quantitative estimate of drug-likeness (QED) is 0.519. The van der Waals surface area contributed by atoms with Crippen molar-refractivity contribution in [2.75, 3.05) is 39.5 Å². The first kappa shape index (κ1) is 21.2. The van der Waals surface area contributed by atoms with Crippen molar-refractivity contribution in [1.82, 2.24) is 20.5 Å². The van der Waals surface area contributed by atoms with E-state index >= 15 is 0 Å². The number of likely N-dealkylation sites (N-methyl/N-ethyl adjacent to an activating group) is 1. The monoisotopic (exact) mass is 409 g/mol. The molecule has 0 unspecified atom stereocenters. The molecule has 2 aromatic carbocycles. The summed E-state index contributed by atoms with van der Waals surface area (Å²) in [5, 5.41) is 7.08. The van der Waals surface area contributed by atoms with Crippen LogP contribution in [0, 0.1) is 5.82 Å². The summed E-state index contributed by atoms with van der Waals surface area (Å²) in [7, 11) is 3.37. The third-order valence-corrected chi connectivity index (χ3v) is 4.68. The van der Waals surface area contributed by atoms with E-state index in [2.05, 4.69) is 15.6 Å². The molecule has 0 saturated carbocycles. The van der Waals surface area contributed by atoms with Gasteiger partial charge in [0.1, 0.15) is 11.6 Å². The van der Waals surface area contributed by atoms with Gasteiger partial charge in [0, 0.05) is 38.8 Å². The number of rotatable bonds is 7. The molecule has 4 N–H and O–H groups in total. The number of amides is 2. The highest BCUT2D eigenvalue weighted by molar-refractivity contribution is 6.09. The van der Waals surface area contributed by atoms with Crippen molar-refractivity contribution in [2.45, 2.75) is 0 Å². The molecule has 3 aromatic rings. The van der Waals surface area contributed by atoms with Crippen molar-refractivity contribution >= 4 is 28.4 Å². The highest BCUT2D eigenvalue weighted by Gasteiger charge is 2.14. The summed E-state index contributed by atoms with van der Waals surface area (Å²) in [6.45, 7) is 1.01. The van der Waals surface area contributed by atoms with Crippen molar-refractivity contribution in [1.29, 1.82) is 0 Å². The molecule has 0 spiro atoms. The summed E-state index contributed by atoms with van der Waals surface area (Å²) >= 11 is 0. The first-order chi connectivity index (χ1) is 14.4. The predicted molar refractivity (Wildman–Crippen MR) is 115 cm³/mol. The van der Waals surface area contributed by atoms with Gasteiger partial charge in [0.2, 0.25) is 5.91 Å². The second kappa shape index (κ2) is 9.32. The SMILES string of the molecule is CN(C)C(=O)CNCCNC(=O)c1cnc(N)c2cc(-c3cccc(F)c3)ccc12. The summed E-state index contributed by atoms with van der Waals surface area (Å²) in [6, 6.07) is 11.7. The molecule has 0 fully saturated rings. The molecule has 0 radical (unpaired) electrons. The van der Waals surface area contributed by atoms with Gasteiger partial charge in [-0.1, -0.05) is 24.3 Å². The molecule has 30 heavy (non-hydrogen) atoms. The molecule has 0 saturated heterocycles. The lowest BCUT2D eigenvalue weighted by Crippen LogP contribution is -2.37. The number of nitrogens with zero attached hydrogens (tertiary/aromatic N) is 2. The summed E-state index contributed by atoms with van der Waals surface area (Å²) in [4.78, 5) is 29.8. The van der Waals surface area contributed by atoms with Crippen molar-refractivity contribution < 1.29 is 14.0 Å². The molecular formula is C22H24FN5O2. The first-order valence-electron chi connectivity index (χ1n) is 9.50. The van der Waals surface area contributed by atoms with Gasteiger partial charge in [-0.3, -0.25) is 9.59 Å². The second-order valence-electron chi connectivity index (χ2n) is 7.05. The van der Waals surface area contributed by atoms with Crippen LogP contribution in [0.5, 0.6) is 0 Å². The number of nitrogens with one attached hydrogen (secondary N) is 2. The second-order valence-corrected chi connectivity index (χ2v) is 7.05. The summed E-state index contributed by atoms with van der Waals surface area (Å²) in [5.41, 5.74) is 7.92. The average molecular weight is 409 g/mol. The number of fused-ring (bicyclic) bond motifs is 1. The number of halogens is 1. The van der Waals surface area contributed by atoms with E-state index < -0.39 is 0 Å². The molecule has 1 aromatic heterocycles. The first-order valence-corrected chi connectivity index (χ1v) is 9.50. The van der Waals surface area contributed by atoms with Crippen molar-refractivity contribution in [3.05, 3.63) is 60.0 Å². The zero-order valence-electron chi connectivity index (χ0n) is 16.9. The van der Waals surface area contributed by atoms with Crippen molar-refractivity contribution in [3.8, 4) is 11.1 Å². The van der Waals surface area contributed by atoms with E-state index in [9.17, 15) is 14.0 Å². The van der Waals surface area contributed by atoms with Crippen LogP contribution >= 0.6 is 0 Å². The van der Waals surface area contributed by atoms with E-state index in [0.717, 1.165) is 5.56 Å². The number of hydrogen-bond acceptors (Lipinski definition) is 5. The third-order valence-electron chi connectivity index (χ3n) is 4.68. The molecule has 0 atom stereocenters. The number of nitrogen functional groups attached to an aromatic ring is 1. The molecule has 1 heterocycles. The van der Waals surface area contributed by atoms with E-state index in [1.807, 2.05) is 6.07 Å². The lowest BCUT2D eigenvalue weighted by molar-refractivity contribution is -0.127. The normalized spacial score (nSPS) is 10.8. The smallest absolute Gasteiger partial charge is 0.253 e. The number of carbonyl (C=O) groups is 2. The van der Waals surface area contributed by atoms with Gasteiger partial charge in [-0.25, -0.2) is 9.37 Å². The minimum Gasteiger partial charge on any atom is -0.383 e. The number of carbonyl (C=O) groups excluding carboxylic acids is 2. The Morgan fingerprint density at radius 1 is 1.07 bits per heavy atom. The number of hydrogen-bond donors (Lipinski definition) is 3. The molecule has 2 amide bonds. The zero-order chi connectivity index (χ0) is 21.7. The van der Waals surface area contributed by atoms with Gasteiger partial charge >= 0.3 is 0 Å². The maximum atomic E-state index is 13.6. The average Bonchev–Trinajstić information content (AvgIpc) is 2.73. The van der Waals surface area contributed by atoms with E-state index in [-0.39, 0.29) is 24.2 Å². The number of anilines is 1. The molecule has 3 rings (SSSR count). The minimum atomic E-state index is -0.326. The van der Waals surface area contributed by atoms with Crippen molar-refractivity contribution in [2.24, 2.45) is 0 Å². The fourth-order valence-corrected chi connectivity index (χ4v) is 3.01. The fourth-order valence-electron chi connectivity index (χ4n) is 3.01. The van der Waals surface area contributed by atoms with Gasteiger partial charge in [0.05, 0.1) is 12.1 Å². The van der Waals surface area contributed by atoms with Crippen LogP contribution in [-0.4, -0.2) is 55.4 Å². The molecule has 8 heteroatoms. The Morgan fingerprint density at radius 3 is 2.57 bits per heavy atom. The van der Waals surface area contributed by atoms with E-state index in [1.54, 1.807) is 38.4 Å². The molecule has 0 aliphatic heterocycles. The lowest BCUT2D eigenvalue weighted by Gasteiger charge is -2.12.